The van der Waals surface area contributed by atoms with Crippen molar-refractivity contribution in [1.29, 1.82) is 0 Å². The minimum Gasteiger partial charge on any atom is -0.463 e. The number of fused-ring (bicyclic) bond motifs is 1. The Kier molecular flexibility index (Phi) is 5.80. The minimum atomic E-state index is -0.477. The molecule has 6 nitrogen and oxygen atoms in total. The largest absolute Gasteiger partial charge is 0.463 e. The summed E-state index contributed by atoms with van der Waals surface area (Å²) in [5, 5.41) is 0.537. The Bertz CT molecular complexity index is 703. The van der Waals surface area contributed by atoms with Gasteiger partial charge in [0.05, 0.1) is 30.0 Å². The number of ether oxygens (including phenoxy) is 2. The van der Waals surface area contributed by atoms with Crippen molar-refractivity contribution in [2.24, 2.45) is 0 Å². The molecular weight excluding hydrogens is 362 g/mol. The highest BCUT2D eigenvalue weighted by atomic mass is 32.2. The van der Waals surface area contributed by atoms with Gasteiger partial charge in [0.25, 0.3) is 0 Å². The van der Waals surface area contributed by atoms with Crippen molar-refractivity contribution in [3.8, 4) is 0 Å². The lowest BCUT2D eigenvalue weighted by Gasteiger charge is -2.16. The van der Waals surface area contributed by atoms with Crippen molar-refractivity contribution >= 4 is 40.9 Å². The zero-order chi connectivity index (χ0) is 17.8. The van der Waals surface area contributed by atoms with Gasteiger partial charge in [0, 0.05) is 4.88 Å². The second-order valence-corrected chi connectivity index (χ2v) is 7.75. The van der Waals surface area contributed by atoms with Crippen molar-refractivity contribution in [2.75, 3.05) is 25.5 Å². The number of hydrogen-bond donors (Lipinski definition) is 0. The molecule has 1 amide bonds. The third-order valence-electron chi connectivity index (χ3n) is 3.93. The number of esters is 2. The monoisotopic (exact) mass is 381 g/mol. The van der Waals surface area contributed by atoms with E-state index < -0.39 is 5.97 Å². The maximum Gasteiger partial charge on any atom is 0.348 e. The standard InChI is InChI=1S/C17H19NO5S2/c1-2-22-16(20)9-15-18(14(19)10-24-15)6-7-23-17(21)13-8-11-4-3-5-12(11)25-13/h8-9H,2-7,10H2,1H3/b15-9+. The number of nitrogens with zero attached hydrogens (tertiary/aromatic N) is 1. The van der Waals surface area contributed by atoms with Crippen LogP contribution in [0.25, 0.3) is 0 Å². The molecule has 25 heavy (non-hydrogen) atoms. The van der Waals surface area contributed by atoms with Gasteiger partial charge in [-0.15, -0.1) is 11.3 Å². The zero-order valence-electron chi connectivity index (χ0n) is 13.9. The number of carbonyl (C=O) groups is 3. The molecule has 0 unspecified atom stereocenters. The Morgan fingerprint density at radius 1 is 1.32 bits per heavy atom. The fourth-order valence-corrected chi connectivity index (χ4v) is 4.89. The molecule has 0 spiro atoms. The lowest BCUT2D eigenvalue weighted by atomic mass is 10.2. The van der Waals surface area contributed by atoms with Crippen LogP contribution in [0.3, 0.4) is 0 Å². The summed E-state index contributed by atoms with van der Waals surface area (Å²) in [4.78, 5) is 39.0. The summed E-state index contributed by atoms with van der Waals surface area (Å²) in [6, 6.07) is 1.91. The van der Waals surface area contributed by atoms with Gasteiger partial charge in [0.2, 0.25) is 5.91 Å². The SMILES string of the molecule is CCOC(=O)/C=C1/SCC(=O)N1CCOC(=O)c1cc2c(s1)CCC2. The van der Waals surface area contributed by atoms with Crippen molar-refractivity contribution in [2.45, 2.75) is 26.2 Å². The second-order valence-electron chi connectivity index (χ2n) is 5.62. The highest BCUT2D eigenvalue weighted by Crippen LogP contribution is 2.31. The van der Waals surface area contributed by atoms with Crippen LogP contribution in [0, 0.1) is 0 Å². The minimum absolute atomic E-state index is 0.0911. The van der Waals surface area contributed by atoms with Crippen LogP contribution in [0.1, 0.15) is 33.5 Å². The van der Waals surface area contributed by atoms with Gasteiger partial charge in [-0.2, -0.15) is 0 Å². The van der Waals surface area contributed by atoms with E-state index in [4.69, 9.17) is 9.47 Å². The summed E-state index contributed by atoms with van der Waals surface area (Å²) in [5.74, 6) is -0.660. The van der Waals surface area contributed by atoms with Crippen molar-refractivity contribution in [1.82, 2.24) is 4.90 Å². The summed E-state index contributed by atoms with van der Waals surface area (Å²) < 4.78 is 10.2. The predicted octanol–water partition coefficient (Wildman–Crippen LogP) is 2.37. The van der Waals surface area contributed by atoms with E-state index in [1.807, 2.05) is 6.07 Å². The van der Waals surface area contributed by atoms with E-state index in [0.29, 0.717) is 9.91 Å². The van der Waals surface area contributed by atoms with Crippen LogP contribution in [-0.4, -0.2) is 48.3 Å². The topological polar surface area (TPSA) is 72.9 Å². The molecule has 0 atom stereocenters. The average molecular weight is 381 g/mol. The van der Waals surface area contributed by atoms with Gasteiger partial charge in [-0.3, -0.25) is 4.79 Å². The Balaban J connectivity index is 1.53. The molecule has 1 aromatic heterocycles. The van der Waals surface area contributed by atoms with E-state index in [9.17, 15) is 14.4 Å². The van der Waals surface area contributed by atoms with Crippen LogP contribution >= 0.6 is 23.1 Å². The maximum atomic E-state index is 12.1. The van der Waals surface area contributed by atoms with Gasteiger partial charge in [-0.1, -0.05) is 11.8 Å². The summed E-state index contributed by atoms with van der Waals surface area (Å²) in [5.41, 5.74) is 1.25. The van der Waals surface area contributed by atoms with Crippen molar-refractivity contribution in [3.63, 3.8) is 0 Å². The Labute approximate surface area is 154 Å². The van der Waals surface area contributed by atoms with Gasteiger partial charge in [0.15, 0.2) is 0 Å². The first kappa shape index (κ1) is 18.0. The van der Waals surface area contributed by atoms with Crippen LogP contribution in [0.5, 0.6) is 0 Å². The molecule has 2 heterocycles. The number of thiophene rings is 1. The van der Waals surface area contributed by atoms with Crippen LogP contribution in [0.15, 0.2) is 17.2 Å². The van der Waals surface area contributed by atoms with E-state index in [2.05, 4.69) is 0 Å². The number of amides is 1. The van der Waals surface area contributed by atoms with Crippen molar-refractivity contribution < 1.29 is 23.9 Å². The fourth-order valence-electron chi connectivity index (χ4n) is 2.78. The highest BCUT2D eigenvalue weighted by Gasteiger charge is 2.28. The number of carbonyl (C=O) groups excluding carboxylic acids is 3. The summed E-state index contributed by atoms with van der Waals surface area (Å²) in [6.07, 6.45) is 4.53. The number of rotatable bonds is 6. The molecule has 0 radical (unpaired) electrons. The lowest BCUT2D eigenvalue weighted by molar-refractivity contribution is -0.137. The molecule has 134 valence electrons. The van der Waals surface area contributed by atoms with Crippen molar-refractivity contribution in [3.05, 3.63) is 32.5 Å². The zero-order valence-corrected chi connectivity index (χ0v) is 15.5. The molecule has 2 aliphatic rings. The summed E-state index contributed by atoms with van der Waals surface area (Å²) >= 11 is 2.78. The van der Waals surface area contributed by atoms with E-state index in [1.54, 1.807) is 6.92 Å². The summed E-state index contributed by atoms with van der Waals surface area (Å²) in [7, 11) is 0. The number of thioether (sulfide) groups is 1. The quantitative estimate of drug-likeness (QED) is 0.556. The number of hydrogen-bond acceptors (Lipinski definition) is 7. The van der Waals surface area contributed by atoms with Gasteiger partial charge in [-0.05, 0) is 37.8 Å². The lowest BCUT2D eigenvalue weighted by Crippen LogP contribution is -2.29. The first-order valence-electron chi connectivity index (χ1n) is 8.18. The molecule has 0 aromatic carbocycles. The van der Waals surface area contributed by atoms with Crippen LogP contribution < -0.4 is 0 Å². The van der Waals surface area contributed by atoms with E-state index in [0.717, 1.165) is 19.3 Å². The molecule has 1 aliphatic carbocycles. The predicted molar refractivity (Wildman–Crippen MR) is 95.5 cm³/mol. The summed E-state index contributed by atoms with van der Waals surface area (Å²) in [6.45, 7) is 2.33. The maximum absolute atomic E-state index is 12.1. The van der Waals surface area contributed by atoms with Gasteiger partial charge < -0.3 is 14.4 Å². The smallest absolute Gasteiger partial charge is 0.348 e. The first-order valence-corrected chi connectivity index (χ1v) is 9.99. The molecule has 0 N–H and O–H groups in total. The normalized spacial score (nSPS) is 17.9. The fraction of sp³-hybridized carbons (Fsp3) is 0.471. The Morgan fingerprint density at radius 2 is 2.16 bits per heavy atom. The van der Waals surface area contributed by atoms with Gasteiger partial charge in [0.1, 0.15) is 11.5 Å². The molecule has 1 aliphatic heterocycles. The third-order valence-corrected chi connectivity index (χ3v) is 6.18. The van der Waals surface area contributed by atoms with Crippen LogP contribution in [0.4, 0.5) is 0 Å². The Hall–Kier alpha value is -1.80. The van der Waals surface area contributed by atoms with E-state index in [1.165, 1.54) is 44.5 Å². The highest BCUT2D eigenvalue weighted by molar-refractivity contribution is 8.04. The molecular formula is C17H19NO5S2. The van der Waals surface area contributed by atoms with Gasteiger partial charge >= 0.3 is 11.9 Å². The van der Waals surface area contributed by atoms with Crippen LogP contribution in [0.2, 0.25) is 0 Å². The van der Waals surface area contributed by atoms with E-state index >= 15 is 0 Å². The third kappa shape index (κ3) is 4.24. The van der Waals surface area contributed by atoms with Gasteiger partial charge in [-0.25, -0.2) is 9.59 Å². The Morgan fingerprint density at radius 3 is 2.92 bits per heavy atom. The average Bonchev–Trinajstić information content (AvgIpc) is 3.24. The molecule has 0 saturated carbocycles. The molecule has 1 fully saturated rings. The first-order chi connectivity index (χ1) is 12.1. The van der Waals surface area contributed by atoms with Crippen LogP contribution in [-0.2, 0) is 31.9 Å². The molecule has 1 aromatic rings. The second kappa shape index (κ2) is 8.05. The molecule has 1 saturated heterocycles. The number of aryl methyl sites for hydroxylation is 2. The molecule has 3 rings (SSSR count). The molecule has 0 bridgehead atoms. The van der Waals surface area contributed by atoms with E-state index in [-0.39, 0.29) is 37.4 Å². The molecule has 8 heteroatoms.